The van der Waals surface area contributed by atoms with E-state index in [9.17, 15) is 9.59 Å². The molecule has 2 aliphatic heterocycles. The molecular formula is C26H34N4O2. The number of rotatable bonds is 5. The third-order valence-electron chi connectivity index (χ3n) is 6.67. The lowest BCUT2D eigenvalue weighted by Gasteiger charge is -2.39. The van der Waals surface area contributed by atoms with Gasteiger partial charge in [0.1, 0.15) is 0 Å². The van der Waals surface area contributed by atoms with Gasteiger partial charge in [0, 0.05) is 43.5 Å². The maximum Gasteiger partial charge on any atom is 0.238 e. The Morgan fingerprint density at radius 2 is 1.59 bits per heavy atom. The standard InChI is InChI=1S/C26H34N4O2/c1-20-8-9-24(21(2)18-20)27-25(31)19-28-12-10-22(11-13-28)26(32)30-16-14-29(15-17-30)23-6-4-3-5-7-23/h3-9,18,22H,10-17,19H2,1-2H3,(H,27,31). The molecular weight excluding hydrogens is 400 g/mol. The number of nitrogens with zero attached hydrogens (tertiary/aromatic N) is 3. The van der Waals surface area contributed by atoms with Gasteiger partial charge in [-0.05, 0) is 63.5 Å². The molecule has 0 saturated carbocycles. The fraction of sp³-hybridized carbons (Fsp3) is 0.462. The number of nitrogens with one attached hydrogen (secondary N) is 1. The van der Waals surface area contributed by atoms with Crippen molar-refractivity contribution in [1.82, 2.24) is 9.80 Å². The number of benzene rings is 2. The summed E-state index contributed by atoms with van der Waals surface area (Å²) < 4.78 is 0. The lowest BCUT2D eigenvalue weighted by Crippen LogP contribution is -2.52. The predicted molar refractivity (Wildman–Crippen MR) is 129 cm³/mol. The Balaban J connectivity index is 1.20. The van der Waals surface area contributed by atoms with E-state index in [-0.39, 0.29) is 17.7 Å². The first-order valence-electron chi connectivity index (χ1n) is 11.7. The zero-order valence-electron chi connectivity index (χ0n) is 19.2. The summed E-state index contributed by atoms with van der Waals surface area (Å²) in [6.45, 7) is 9.36. The van der Waals surface area contributed by atoms with E-state index in [1.54, 1.807) is 0 Å². The average Bonchev–Trinajstić information content (AvgIpc) is 2.82. The minimum Gasteiger partial charge on any atom is -0.368 e. The normalized spacial score (nSPS) is 17.9. The number of aryl methyl sites for hydroxylation is 2. The van der Waals surface area contributed by atoms with Gasteiger partial charge in [0.2, 0.25) is 11.8 Å². The van der Waals surface area contributed by atoms with Crippen LogP contribution < -0.4 is 10.2 Å². The summed E-state index contributed by atoms with van der Waals surface area (Å²) in [7, 11) is 0. The molecule has 0 atom stereocenters. The van der Waals surface area contributed by atoms with E-state index in [1.165, 1.54) is 11.3 Å². The van der Waals surface area contributed by atoms with Gasteiger partial charge in [0.25, 0.3) is 0 Å². The molecule has 2 aromatic carbocycles. The number of piperazine rings is 1. The number of carbonyl (C=O) groups excluding carboxylic acids is 2. The molecule has 6 heteroatoms. The van der Waals surface area contributed by atoms with Crippen molar-refractivity contribution in [1.29, 1.82) is 0 Å². The Hall–Kier alpha value is -2.86. The summed E-state index contributed by atoms with van der Waals surface area (Å²) in [6, 6.07) is 16.5. The SMILES string of the molecule is Cc1ccc(NC(=O)CN2CCC(C(=O)N3CCN(c4ccccc4)CC3)CC2)c(C)c1. The van der Waals surface area contributed by atoms with Crippen LogP contribution in [0.5, 0.6) is 0 Å². The maximum atomic E-state index is 13.0. The van der Waals surface area contributed by atoms with Crippen LogP contribution in [0.25, 0.3) is 0 Å². The third kappa shape index (κ3) is 5.49. The summed E-state index contributed by atoms with van der Waals surface area (Å²) >= 11 is 0. The molecule has 2 saturated heterocycles. The van der Waals surface area contributed by atoms with Crippen LogP contribution in [0, 0.1) is 19.8 Å². The van der Waals surface area contributed by atoms with Gasteiger partial charge in [-0.1, -0.05) is 35.9 Å². The Bertz CT molecular complexity index is 930. The summed E-state index contributed by atoms with van der Waals surface area (Å²) in [5.74, 6) is 0.382. The Morgan fingerprint density at radius 1 is 0.906 bits per heavy atom. The van der Waals surface area contributed by atoms with Crippen molar-refractivity contribution in [2.45, 2.75) is 26.7 Å². The molecule has 0 aromatic heterocycles. The van der Waals surface area contributed by atoms with E-state index in [2.05, 4.69) is 45.4 Å². The fourth-order valence-electron chi connectivity index (χ4n) is 4.77. The van der Waals surface area contributed by atoms with Gasteiger partial charge in [-0.15, -0.1) is 0 Å². The summed E-state index contributed by atoms with van der Waals surface area (Å²) in [6.07, 6.45) is 1.66. The van der Waals surface area contributed by atoms with Crippen molar-refractivity contribution in [2.24, 2.45) is 5.92 Å². The van der Waals surface area contributed by atoms with Crippen LogP contribution in [0.1, 0.15) is 24.0 Å². The molecule has 170 valence electrons. The number of likely N-dealkylation sites (tertiary alicyclic amines) is 1. The molecule has 0 aliphatic carbocycles. The minimum atomic E-state index is 0.0127. The summed E-state index contributed by atoms with van der Waals surface area (Å²) in [4.78, 5) is 32.1. The summed E-state index contributed by atoms with van der Waals surface area (Å²) in [5, 5.41) is 3.03. The van der Waals surface area contributed by atoms with Gasteiger partial charge in [-0.2, -0.15) is 0 Å². The summed E-state index contributed by atoms with van der Waals surface area (Å²) in [5.41, 5.74) is 4.37. The number of hydrogen-bond donors (Lipinski definition) is 1. The molecule has 0 spiro atoms. The highest BCUT2D eigenvalue weighted by Gasteiger charge is 2.31. The first kappa shape index (κ1) is 22.3. The molecule has 0 bridgehead atoms. The zero-order chi connectivity index (χ0) is 22.5. The van der Waals surface area contributed by atoms with E-state index in [4.69, 9.17) is 0 Å². The van der Waals surface area contributed by atoms with Gasteiger partial charge < -0.3 is 15.1 Å². The topological polar surface area (TPSA) is 55.9 Å². The van der Waals surface area contributed by atoms with Gasteiger partial charge in [-0.3, -0.25) is 14.5 Å². The number of para-hydroxylation sites is 1. The smallest absolute Gasteiger partial charge is 0.238 e. The molecule has 2 fully saturated rings. The van der Waals surface area contributed by atoms with Crippen LogP contribution in [0.4, 0.5) is 11.4 Å². The minimum absolute atomic E-state index is 0.0127. The molecule has 2 heterocycles. The number of hydrogen-bond acceptors (Lipinski definition) is 4. The Morgan fingerprint density at radius 3 is 2.25 bits per heavy atom. The second-order valence-electron chi connectivity index (χ2n) is 9.06. The van der Waals surface area contributed by atoms with Crippen LogP contribution in [0.3, 0.4) is 0 Å². The van der Waals surface area contributed by atoms with Crippen molar-refractivity contribution in [3.05, 3.63) is 59.7 Å². The molecule has 0 radical (unpaired) electrons. The number of piperidine rings is 1. The van der Waals surface area contributed by atoms with Crippen LogP contribution in [0.15, 0.2) is 48.5 Å². The molecule has 2 aliphatic rings. The highest BCUT2D eigenvalue weighted by atomic mass is 16.2. The first-order chi connectivity index (χ1) is 15.5. The second kappa shape index (κ2) is 10.2. The second-order valence-corrected chi connectivity index (χ2v) is 9.06. The van der Waals surface area contributed by atoms with Gasteiger partial charge in [-0.25, -0.2) is 0 Å². The van der Waals surface area contributed by atoms with E-state index in [0.29, 0.717) is 6.54 Å². The molecule has 6 nitrogen and oxygen atoms in total. The van der Waals surface area contributed by atoms with Crippen LogP contribution >= 0.6 is 0 Å². The van der Waals surface area contributed by atoms with E-state index >= 15 is 0 Å². The van der Waals surface area contributed by atoms with Crippen molar-refractivity contribution >= 4 is 23.2 Å². The molecule has 0 unspecified atom stereocenters. The lowest BCUT2D eigenvalue weighted by atomic mass is 9.95. The van der Waals surface area contributed by atoms with Gasteiger partial charge in [0.05, 0.1) is 6.54 Å². The lowest BCUT2D eigenvalue weighted by molar-refractivity contribution is -0.137. The molecule has 32 heavy (non-hydrogen) atoms. The van der Waals surface area contributed by atoms with Gasteiger partial charge >= 0.3 is 0 Å². The van der Waals surface area contributed by atoms with Crippen molar-refractivity contribution < 1.29 is 9.59 Å². The van der Waals surface area contributed by atoms with Crippen molar-refractivity contribution in [2.75, 3.05) is 56.0 Å². The van der Waals surface area contributed by atoms with E-state index < -0.39 is 0 Å². The maximum absolute atomic E-state index is 13.0. The quantitative estimate of drug-likeness (QED) is 0.785. The van der Waals surface area contributed by atoms with E-state index in [1.807, 2.05) is 36.9 Å². The number of anilines is 2. The van der Waals surface area contributed by atoms with Gasteiger partial charge in [0.15, 0.2) is 0 Å². The average molecular weight is 435 g/mol. The molecule has 2 aromatic rings. The third-order valence-corrected chi connectivity index (χ3v) is 6.67. The van der Waals surface area contributed by atoms with Crippen molar-refractivity contribution in [3.63, 3.8) is 0 Å². The van der Waals surface area contributed by atoms with Crippen molar-refractivity contribution in [3.8, 4) is 0 Å². The largest absolute Gasteiger partial charge is 0.368 e. The Labute approximate surface area is 191 Å². The number of carbonyl (C=O) groups is 2. The highest BCUT2D eigenvalue weighted by Crippen LogP contribution is 2.22. The predicted octanol–water partition coefficient (Wildman–Crippen LogP) is 3.30. The Kier molecular flexibility index (Phi) is 7.10. The van der Waals surface area contributed by atoms with Crippen LogP contribution in [-0.2, 0) is 9.59 Å². The molecule has 1 N–H and O–H groups in total. The number of amides is 2. The highest BCUT2D eigenvalue weighted by molar-refractivity contribution is 5.93. The monoisotopic (exact) mass is 434 g/mol. The molecule has 2 amide bonds. The van der Waals surface area contributed by atoms with E-state index in [0.717, 1.165) is 63.4 Å². The fourth-order valence-corrected chi connectivity index (χ4v) is 4.77. The molecule has 4 rings (SSSR count). The van der Waals surface area contributed by atoms with Crippen LogP contribution in [0.2, 0.25) is 0 Å². The first-order valence-corrected chi connectivity index (χ1v) is 11.7. The van der Waals surface area contributed by atoms with Crippen LogP contribution in [-0.4, -0.2) is 67.4 Å². The zero-order valence-corrected chi connectivity index (χ0v) is 19.2.